The van der Waals surface area contributed by atoms with Gasteiger partial charge in [-0.05, 0) is 24.1 Å². The molecule has 0 atom stereocenters. The number of anilines is 1. The molecule has 4 heteroatoms. The van der Waals surface area contributed by atoms with E-state index in [0.717, 1.165) is 36.4 Å². The van der Waals surface area contributed by atoms with Crippen molar-refractivity contribution in [3.8, 4) is 5.75 Å². The molecular weight excluding hydrogens is 288 g/mol. The van der Waals surface area contributed by atoms with Crippen molar-refractivity contribution in [2.75, 3.05) is 18.4 Å². The molecule has 0 aliphatic carbocycles. The first-order valence-corrected chi connectivity index (χ1v) is 8.06. The molecule has 2 aromatic carbocycles. The van der Waals surface area contributed by atoms with E-state index in [1.54, 1.807) is 0 Å². The second kappa shape index (κ2) is 9.51. The Bertz CT molecular complexity index is 599. The van der Waals surface area contributed by atoms with E-state index < -0.39 is 0 Å². The Morgan fingerprint density at radius 1 is 1.04 bits per heavy atom. The third-order valence-electron chi connectivity index (χ3n) is 3.42. The van der Waals surface area contributed by atoms with Crippen LogP contribution in [0.2, 0.25) is 0 Å². The van der Waals surface area contributed by atoms with E-state index in [2.05, 4.69) is 17.6 Å². The van der Waals surface area contributed by atoms with Crippen LogP contribution in [-0.4, -0.2) is 19.0 Å². The second-order valence-corrected chi connectivity index (χ2v) is 5.33. The minimum absolute atomic E-state index is 0.00341. The maximum Gasteiger partial charge on any atom is 0.239 e. The summed E-state index contributed by atoms with van der Waals surface area (Å²) in [5, 5.41) is 6.03. The zero-order valence-electron chi connectivity index (χ0n) is 13.5. The van der Waals surface area contributed by atoms with Crippen LogP contribution in [0.1, 0.15) is 25.3 Å². The first-order chi connectivity index (χ1) is 11.3. The van der Waals surface area contributed by atoms with Crippen molar-refractivity contribution in [1.82, 2.24) is 5.32 Å². The molecule has 23 heavy (non-hydrogen) atoms. The first-order valence-electron chi connectivity index (χ1n) is 8.06. The molecule has 2 aromatic rings. The molecule has 0 spiro atoms. The molecule has 0 saturated heterocycles. The van der Waals surface area contributed by atoms with Crippen molar-refractivity contribution >= 4 is 11.6 Å². The van der Waals surface area contributed by atoms with E-state index in [1.807, 2.05) is 54.6 Å². The molecule has 4 nitrogen and oxygen atoms in total. The second-order valence-electron chi connectivity index (χ2n) is 5.33. The summed E-state index contributed by atoms with van der Waals surface area (Å²) in [7, 11) is 0. The average molecular weight is 312 g/mol. The van der Waals surface area contributed by atoms with Crippen molar-refractivity contribution in [2.24, 2.45) is 0 Å². The minimum atomic E-state index is -0.00341. The van der Waals surface area contributed by atoms with Crippen molar-refractivity contribution < 1.29 is 9.53 Å². The van der Waals surface area contributed by atoms with Crippen molar-refractivity contribution in [3.63, 3.8) is 0 Å². The number of ether oxygens (including phenoxy) is 1. The van der Waals surface area contributed by atoms with Crippen LogP contribution in [0.15, 0.2) is 54.6 Å². The third kappa shape index (κ3) is 6.02. The number of carbonyl (C=O) groups is 1. The fourth-order valence-electron chi connectivity index (χ4n) is 2.12. The molecule has 122 valence electrons. The summed E-state index contributed by atoms with van der Waals surface area (Å²) in [6, 6.07) is 17.7. The quantitative estimate of drug-likeness (QED) is 0.696. The lowest BCUT2D eigenvalue weighted by molar-refractivity contribution is -0.119. The van der Waals surface area contributed by atoms with Crippen LogP contribution >= 0.6 is 0 Å². The molecule has 2 N–H and O–H groups in total. The molecule has 0 heterocycles. The number of rotatable bonds is 9. The molecule has 0 saturated carbocycles. The van der Waals surface area contributed by atoms with Crippen LogP contribution in [0.25, 0.3) is 0 Å². The summed E-state index contributed by atoms with van der Waals surface area (Å²) < 4.78 is 5.86. The predicted octanol–water partition coefficient (Wildman–Crippen LogP) is 3.59. The van der Waals surface area contributed by atoms with E-state index >= 15 is 0 Å². The molecule has 0 bridgehead atoms. The lowest BCUT2D eigenvalue weighted by Gasteiger charge is -2.13. The number of benzene rings is 2. The molecule has 0 aliphatic heterocycles. The van der Waals surface area contributed by atoms with Crippen molar-refractivity contribution in [2.45, 2.75) is 26.4 Å². The van der Waals surface area contributed by atoms with E-state index in [9.17, 15) is 4.79 Å². The van der Waals surface area contributed by atoms with Gasteiger partial charge in [-0.25, -0.2) is 0 Å². The topological polar surface area (TPSA) is 50.4 Å². The monoisotopic (exact) mass is 312 g/mol. The Morgan fingerprint density at radius 3 is 2.57 bits per heavy atom. The summed E-state index contributed by atoms with van der Waals surface area (Å²) in [5.41, 5.74) is 1.94. The van der Waals surface area contributed by atoms with Gasteiger partial charge in [0.25, 0.3) is 0 Å². The highest BCUT2D eigenvalue weighted by atomic mass is 16.5. The molecule has 0 aliphatic rings. The maximum absolute atomic E-state index is 11.8. The molecule has 2 rings (SSSR count). The number of hydrogen-bond acceptors (Lipinski definition) is 3. The number of nitrogens with one attached hydrogen (secondary N) is 2. The van der Waals surface area contributed by atoms with E-state index in [-0.39, 0.29) is 12.5 Å². The van der Waals surface area contributed by atoms with Crippen LogP contribution in [0.3, 0.4) is 0 Å². The van der Waals surface area contributed by atoms with Gasteiger partial charge in [0.1, 0.15) is 12.4 Å². The molecular formula is C19H24N2O2. The lowest BCUT2D eigenvalue weighted by atomic mass is 10.2. The number of para-hydroxylation sites is 2. The van der Waals surface area contributed by atoms with Gasteiger partial charge in [0.15, 0.2) is 0 Å². The fourth-order valence-corrected chi connectivity index (χ4v) is 2.12. The van der Waals surface area contributed by atoms with E-state index in [1.165, 1.54) is 0 Å². The van der Waals surface area contributed by atoms with Gasteiger partial charge in [0, 0.05) is 6.54 Å². The van der Waals surface area contributed by atoms with Crippen LogP contribution in [0.4, 0.5) is 5.69 Å². The summed E-state index contributed by atoms with van der Waals surface area (Å²) in [4.78, 5) is 11.8. The van der Waals surface area contributed by atoms with Crippen LogP contribution in [0.5, 0.6) is 5.75 Å². The van der Waals surface area contributed by atoms with Crippen LogP contribution in [0, 0.1) is 0 Å². The highest BCUT2D eigenvalue weighted by Crippen LogP contribution is 2.24. The van der Waals surface area contributed by atoms with Crippen molar-refractivity contribution in [3.05, 3.63) is 60.2 Å². The van der Waals surface area contributed by atoms with Crippen LogP contribution in [-0.2, 0) is 11.4 Å². The number of carbonyl (C=O) groups excluding carboxylic acids is 1. The Morgan fingerprint density at radius 2 is 1.78 bits per heavy atom. The highest BCUT2D eigenvalue weighted by molar-refractivity contribution is 5.81. The maximum atomic E-state index is 11.8. The Hall–Kier alpha value is -2.49. The van der Waals surface area contributed by atoms with E-state index in [4.69, 9.17) is 4.74 Å². The SMILES string of the molecule is CCCCNC(=O)CNc1ccccc1OCc1ccccc1. The standard InChI is InChI=1S/C19H24N2O2/c1-2-3-13-20-19(22)14-21-17-11-7-8-12-18(17)23-15-16-9-5-4-6-10-16/h4-12,21H,2-3,13-15H2,1H3,(H,20,22). The first kappa shape index (κ1) is 16.9. The van der Waals surface area contributed by atoms with Gasteiger partial charge in [-0.15, -0.1) is 0 Å². The zero-order valence-corrected chi connectivity index (χ0v) is 13.5. The summed E-state index contributed by atoms with van der Waals surface area (Å²) in [6.45, 7) is 3.57. The lowest BCUT2D eigenvalue weighted by Crippen LogP contribution is -2.30. The Kier molecular flexibility index (Phi) is 6.98. The number of amides is 1. The van der Waals surface area contributed by atoms with Gasteiger partial charge in [-0.1, -0.05) is 55.8 Å². The van der Waals surface area contributed by atoms with Gasteiger partial charge in [-0.2, -0.15) is 0 Å². The zero-order chi connectivity index (χ0) is 16.3. The summed E-state index contributed by atoms with van der Waals surface area (Å²) in [5.74, 6) is 0.744. The van der Waals surface area contributed by atoms with Crippen molar-refractivity contribution in [1.29, 1.82) is 0 Å². The molecule has 1 amide bonds. The predicted molar refractivity (Wildman–Crippen MR) is 93.6 cm³/mol. The molecule has 0 unspecified atom stereocenters. The largest absolute Gasteiger partial charge is 0.487 e. The Balaban J connectivity index is 1.86. The number of unbranched alkanes of at least 4 members (excludes halogenated alkanes) is 1. The summed E-state index contributed by atoms with van der Waals surface area (Å²) >= 11 is 0. The van der Waals surface area contributed by atoms with Gasteiger partial charge in [0.2, 0.25) is 5.91 Å². The van der Waals surface area contributed by atoms with Gasteiger partial charge < -0.3 is 15.4 Å². The fraction of sp³-hybridized carbons (Fsp3) is 0.316. The highest BCUT2D eigenvalue weighted by Gasteiger charge is 2.05. The Labute approximate surface area is 137 Å². The van der Waals surface area contributed by atoms with Crippen LogP contribution < -0.4 is 15.4 Å². The average Bonchev–Trinajstić information content (AvgIpc) is 2.60. The normalized spacial score (nSPS) is 10.1. The number of hydrogen-bond donors (Lipinski definition) is 2. The molecule has 0 aromatic heterocycles. The van der Waals surface area contributed by atoms with E-state index in [0.29, 0.717) is 6.61 Å². The molecule has 0 fully saturated rings. The smallest absolute Gasteiger partial charge is 0.239 e. The summed E-state index contributed by atoms with van der Waals surface area (Å²) in [6.07, 6.45) is 2.08. The van der Waals surface area contributed by atoms with Gasteiger partial charge in [-0.3, -0.25) is 4.79 Å². The third-order valence-corrected chi connectivity index (χ3v) is 3.42. The van der Waals surface area contributed by atoms with Gasteiger partial charge >= 0.3 is 0 Å². The van der Waals surface area contributed by atoms with Gasteiger partial charge in [0.05, 0.1) is 12.2 Å². The molecule has 0 radical (unpaired) electrons. The minimum Gasteiger partial charge on any atom is -0.487 e.